The van der Waals surface area contributed by atoms with Gasteiger partial charge in [-0.05, 0) is 46.3 Å². The van der Waals surface area contributed by atoms with Gasteiger partial charge in [0.2, 0.25) is 0 Å². The highest BCUT2D eigenvalue weighted by Gasteiger charge is 2.37. The molecule has 1 aliphatic rings. The summed E-state index contributed by atoms with van der Waals surface area (Å²) in [5.74, 6) is 0. The number of likely N-dealkylation sites (N-methyl/N-ethyl adjacent to an activating group) is 1. The zero-order valence-electron chi connectivity index (χ0n) is 11.7. The van der Waals surface area contributed by atoms with Gasteiger partial charge in [-0.2, -0.15) is 0 Å². The van der Waals surface area contributed by atoms with E-state index < -0.39 is 0 Å². The van der Waals surface area contributed by atoms with Crippen molar-refractivity contribution in [2.45, 2.75) is 45.2 Å². The van der Waals surface area contributed by atoms with Crippen LogP contribution in [0.5, 0.6) is 0 Å². The van der Waals surface area contributed by atoms with Crippen LogP contribution < -0.4 is 5.32 Å². The Labute approximate surface area is 110 Å². The lowest BCUT2D eigenvalue weighted by Crippen LogP contribution is -2.51. The Morgan fingerprint density at radius 3 is 2.61 bits per heavy atom. The smallest absolute Gasteiger partial charge is 0.0774 e. The topological polar surface area (TPSA) is 41.1 Å². The van der Waals surface area contributed by atoms with Crippen molar-refractivity contribution in [3.63, 3.8) is 0 Å². The summed E-state index contributed by atoms with van der Waals surface area (Å²) >= 11 is 0. The molecule has 4 heteroatoms. The molecule has 18 heavy (non-hydrogen) atoms. The predicted molar refractivity (Wildman–Crippen MR) is 73.3 cm³/mol. The lowest BCUT2D eigenvalue weighted by Gasteiger charge is -2.42. The maximum atomic E-state index is 4.48. The van der Waals surface area contributed by atoms with Crippen LogP contribution in [0.15, 0.2) is 18.6 Å². The average Bonchev–Trinajstić information content (AvgIpc) is 2.91. The van der Waals surface area contributed by atoms with Crippen LogP contribution in [0.25, 0.3) is 0 Å². The molecule has 0 amide bonds. The Kier molecular flexibility index (Phi) is 4.30. The third kappa shape index (κ3) is 2.70. The second-order valence-corrected chi connectivity index (χ2v) is 5.47. The van der Waals surface area contributed by atoms with E-state index in [2.05, 4.69) is 41.0 Å². The maximum absolute atomic E-state index is 4.48. The molecule has 0 aliphatic carbocycles. The molecule has 1 saturated heterocycles. The first-order valence-corrected chi connectivity index (χ1v) is 6.90. The summed E-state index contributed by atoms with van der Waals surface area (Å²) in [5.41, 5.74) is 1.11. The molecular formula is C14H24N4. The molecule has 0 spiro atoms. The first kappa shape index (κ1) is 13.4. The van der Waals surface area contributed by atoms with Gasteiger partial charge in [0, 0.05) is 17.9 Å². The van der Waals surface area contributed by atoms with Gasteiger partial charge in [-0.25, -0.2) is 0 Å². The van der Waals surface area contributed by atoms with Gasteiger partial charge in [-0.1, -0.05) is 6.92 Å². The van der Waals surface area contributed by atoms with E-state index in [1.54, 1.807) is 12.4 Å². The summed E-state index contributed by atoms with van der Waals surface area (Å²) in [6.45, 7) is 10.1. The number of likely N-dealkylation sites (tertiary alicyclic amines) is 1. The summed E-state index contributed by atoms with van der Waals surface area (Å²) in [6, 6.07) is 0.231. The van der Waals surface area contributed by atoms with Crippen LogP contribution in [0, 0.1) is 0 Å². The average molecular weight is 248 g/mol. The van der Waals surface area contributed by atoms with Crippen molar-refractivity contribution in [1.29, 1.82) is 0 Å². The molecule has 1 atom stereocenters. The maximum Gasteiger partial charge on any atom is 0.0774 e. The van der Waals surface area contributed by atoms with E-state index in [0.29, 0.717) is 0 Å². The zero-order chi connectivity index (χ0) is 13.0. The first-order valence-electron chi connectivity index (χ1n) is 6.90. The van der Waals surface area contributed by atoms with Crippen molar-refractivity contribution in [3.8, 4) is 0 Å². The Morgan fingerprint density at radius 1 is 1.33 bits per heavy atom. The number of aromatic nitrogens is 2. The fourth-order valence-electron chi connectivity index (χ4n) is 2.86. The summed E-state index contributed by atoms with van der Waals surface area (Å²) in [4.78, 5) is 11.3. The van der Waals surface area contributed by atoms with Gasteiger partial charge >= 0.3 is 0 Å². The lowest BCUT2D eigenvalue weighted by atomic mass is 9.90. The normalized spacial score (nSPS) is 19.1. The summed E-state index contributed by atoms with van der Waals surface area (Å²) in [7, 11) is 0. The number of nitrogens with one attached hydrogen (secondary N) is 1. The summed E-state index contributed by atoms with van der Waals surface area (Å²) < 4.78 is 0. The zero-order valence-corrected chi connectivity index (χ0v) is 11.7. The first-order chi connectivity index (χ1) is 8.66. The summed E-state index contributed by atoms with van der Waals surface area (Å²) in [6.07, 6.45) is 8.01. The third-order valence-corrected chi connectivity index (χ3v) is 3.91. The van der Waals surface area contributed by atoms with Crippen molar-refractivity contribution < 1.29 is 0 Å². The molecule has 4 nitrogen and oxygen atoms in total. The van der Waals surface area contributed by atoms with Crippen LogP contribution in [-0.2, 0) is 0 Å². The van der Waals surface area contributed by atoms with Gasteiger partial charge < -0.3 is 5.32 Å². The third-order valence-electron chi connectivity index (χ3n) is 3.91. The van der Waals surface area contributed by atoms with Crippen LogP contribution in [0.3, 0.4) is 0 Å². The molecular weight excluding hydrogens is 224 g/mol. The second kappa shape index (κ2) is 5.76. The fourth-order valence-corrected chi connectivity index (χ4v) is 2.86. The highest BCUT2D eigenvalue weighted by atomic mass is 15.2. The van der Waals surface area contributed by atoms with Crippen LogP contribution in [0.1, 0.15) is 45.3 Å². The monoisotopic (exact) mass is 248 g/mol. The van der Waals surface area contributed by atoms with E-state index in [1.165, 1.54) is 25.9 Å². The largest absolute Gasteiger partial charge is 0.307 e. The summed E-state index contributed by atoms with van der Waals surface area (Å²) in [5, 5.41) is 3.57. The molecule has 0 saturated carbocycles. The van der Waals surface area contributed by atoms with Crippen LogP contribution in [0.2, 0.25) is 0 Å². The Morgan fingerprint density at radius 2 is 2.06 bits per heavy atom. The Balaban J connectivity index is 2.23. The number of hydrogen-bond donors (Lipinski definition) is 1. The molecule has 0 aromatic carbocycles. The van der Waals surface area contributed by atoms with Crippen LogP contribution in [0.4, 0.5) is 0 Å². The van der Waals surface area contributed by atoms with Crippen molar-refractivity contribution in [1.82, 2.24) is 20.2 Å². The van der Waals surface area contributed by atoms with E-state index in [1.807, 2.05) is 6.20 Å². The van der Waals surface area contributed by atoms with Crippen molar-refractivity contribution >= 4 is 0 Å². The molecule has 1 N–H and O–H groups in total. The van der Waals surface area contributed by atoms with Gasteiger partial charge in [-0.3, -0.25) is 14.9 Å². The molecule has 1 unspecified atom stereocenters. The predicted octanol–water partition coefficient (Wildman–Crippen LogP) is 2.00. The van der Waals surface area contributed by atoms with Gasteiger partial charge in [-0.15, -0.1) is 0 Å². The van der Waals surface area contributed by atoms with E-state index in [-0.39, 0.29) is 11.6 Å². The second-order valence-electron chi connectivity index (χ2n) is 5.47. The van der Waals surface area contributed by atoms with Crippen molar-refractivity contribution in [3.05, 3.63) is 24.3 Å². The van der Waals surface area contributed by atoms with Gasteiger partial charge in [0.15, 0.2) is 0 Å². The minimum absolute atomic E-state index is 0.0720. The van der Waals surface area contributed by atoms with E-state index in [4.69, 9.17) is 0 Å². The molecule has 2 rings (SSSR count). The molecule has 2 heterocycles. The highest BCUT2D eigenvalue weighted by molar-refractivity contribution is 5.11. The number of rotatable bonds is 5. The SMILES string of the molecule is CCNC(c1cnccn1)C(C)(C)N1CCCC1. The minimum Gasteiger partial charge on any atom is -0.307 e. The molecule has 0 radical (unpaired) electrons. The number of hydrogen-bond acceptors (Lipinski definition) is 4. The molecule has 1 fully saturated rings. The lowest BCUT2D eigenvalue weighted by molar-refractivity contribution is 0.105. The number of nitrogens with zero attached hydrogens (tertiary/aromatic N) is 3. The van der Waals surface area contributed by atoms with Crippen LogP contribution >= 0.6 is 0 Å². The Bertz CT molecular complexity index is 357. The van der Waals surface area contributed by atoms with Crippen molar-refractivity contribution in [2.24, 2.45) is 0 Å². The standard InChI is InChI=1S/C14H24N4/c1-4-16-13(12-11-15-7-8-17-12)14(2,3)18-9-5-6-10-18/h7-8,11,13,16H,4-6,9-10H2,1-3H3. The minimum atomic E-state index is 0.0720. The van der Waals surface area contributed by atoms with Crippen LogP contribution in [-0.4, -0.2) is 40.0 Å². The quantitative estimate of drug-likeness (QED) is 0.865. The van der Waals surface area contributed by atoms with Gasteiger partial charge in [0.1, 0.15) is 0 Å². The Hall–Kier alpha value is -1.00. The highest BCUT2D eigenvalue weighted by Crippen LogP contribution is 2.32. The molecule has 1 aliphatic heterocycles. The van der Waals surface area contributed by atoms with E-state index >= 15 is 0 Å². The van der Waals surface area contributed by atoms with E-state index in [9.17, 15) is 0 Å². The molecule has 100 valence electrons. The molecule has 0 bridgehead atoms. The van der Waals surface area contributed by atoms with E-state index in [0.717, 1.165) is 12.2 Å². The molecule has 1 aromatic heterocycles. The van der Waals surface area contributed by atoms with Gasteiger partial charge in [0.25, 0.3) is 0 Å². The molecule has 1 aromatic rings. The van der Waals surface area contributed by atoms with Crippen molar-refractivity contribution in [2.75, 3.05) is 19.6 Å². The fraction of sp³-hybridized carbons (Fsp3) is 0.714. The van der Waals surface area contributed by atoms with Gasteiger partial charge in [0.05, 0.1) is 17.9 Å².